The number of carboxylic acid groups (broad SMARTS) is 1. The lowest BCUT2D eigenvalue weighted by atomic mass is 10.1. The third-order valence-electron chi connectivity index (χ3n) is 2.19. The summed E-state index contributed by atoms with van der Waals surface area (Å²) in [4.78, 5) is 11.8. The zero-order valence-corrected chi connectivity index (χ0v) is 11.1. The summed E-state index contributed by atoms with van der Waals surface area (Å²) in [6, 6.07) is 11.0. The van der Waals surface area contributed by atoms with Gasteiger partial charge in [-0.15, -0.1) is 11.3 Å². The van der Waals surface area contributed by atoms with Crippen molar-refractivity contribution in [3.05, 3.63) is 56.7 Å². The van der Waals surface area contributed by atoms with Gasteiger partial charge in [0.15, 0.2) is 0 Å². The number of carboxylic acids is 1. The highest BCUT2D eigenvalue weighted by atomic mass is 79.9. The maximum absolute atomic E-state index is 11.1. The van der Waals surface area contributed by atoms with Gasteiger partial charge in [-0.25, -0.2) is 0 Å². The Morgan fingerprint density at radius 1 is 1.24 bits per heavy atom. The predicted molar refractivity (Wildman–Crippen MR) is 71.3 cm³/mol. The number of hydrogen-bond donors (Lipinski definition) is 0. The van der Waals surface area contributed by atoms with Gasteiger partial charge in [0.05, 0.1) is 5.97 Å². The van der Waals surface area contributed by atoms with Crippen LogP contribution in [0, 0.1) is 0 Å². The van der Waals surface area contributed by atoms with Gasteiger partial charge in [-0.3, -0.25) is 0 Å². The molecular formula is C13H8BrO2S-. The number of thiophene rings is 1. The summed E-state index contributed by atoms with van der Waals surface area (Å²) in [6.45, 7) is 0. The van der Waals surface area contributed by atoms with Crippen molar-refractivity contribution in [2.75, 3.05) is 0 Å². The van der Waals surface area contributed by atoms with Crippen LogP contribution < -0.4 is 5.11 Å². The first kappa shape index (κ1) is 12.1. The number of aliphatic carboxylic acids is 1. The minimum absolute atomic E-state index is 0.210. The molecule has 0 bridgehead atoms. The first-order valence-corrected chi connectivity index (χ1v) is 6.56. The number of benzene rings is 1. The van der Waals surface area contributed by atoms with Crippen LogP contribution >= 0.6 is 27.3 Å². The van der Waals surface area contributed by atoms with Crippen molar-refractivity contribution in [2.45, 2.75) is 0 Å². The van der Waals surface area contributed by atoms with Gasteiger partial charge < -0.3 is 9.90 Å². The van der Waals surface area contributed by atoms with Crippen molar-refractivity contribution >= 4 is 44.9 Å². The largest absolute Gasteiger partial charge is 0.545 e. The molecule has 1 heterocycles. The molecule has 0 saturated heterocycles. The van der Waals surface area contributed by atoms with Crippen molar-refractivity contribution in [3.8, 4) is 0 Å². The Kier molecular flexibility index (Phi) is 3.76. The fraction of sp³-hybridized carbons (Fsp3) is 0. The molecule has 0 aliphatic carbocycles. The summed E-state index contributed by atoms with van der Waals surface area (Å²) in [5.41, 5.74) is 1.04. The highest BCUT2D eigenvalue weighted by Gasteiger charge is 2.04. The van der Waals surface area contributed by atoms with Crippen molar-refractivity contribution in [1.29, 1.82) is 0 Å². The Morgan fingerprint density at radius 3 is 2.47 bits per heavy atom. The van der Waals surface area contributed by atoms with Gasteiger partial charge >= 0.3 is 0 Å². The van der Waals surface area contributed by atoms with Crippen LogP contribution in [0.3, 0.4) is 0 Å². The molecule has 4 heteroatoms. The van der Waals surface area contributed by atoms with Crippen LogP contribution in [0.15, 0.2) is 46.3 Å². The predicted octanol–water partition coefficient (Wildman–Crippen LogP) is 2.80. The van der Waals surface area contributed by atoms with E-state index < -0.39 is 5.97 Å². The standard InChI is InChI=1S/C13H9BrO2S/c14-10-5-3-9(4-6-10)8-11(13(15)16)12-2-1-7-17-12/h1-8H,(H,15,16)/p-1/b11-8-. The van der Waals surface area contributed by atoms with E-state index in [1.165, 1.54) is 11.3 Å². The Labute approximate surface area is 111 Å². The van der Waals surface area contributed by atoms with E-state index in [9.17, 15) is 9.90 Å². The zero-order valence-electron chi connectivity index (χ0n) is 8.72. The van der Waals surface area contributed by atoms with Gasteiger partial charge in [0.2, 0.25) is 0 Å². The first-order valence-electron chi connectivity index (χ1n) is 4.89. The third-order valence-corrected chi connectivity index (χ3v) is 3.62. The molecule has 0 atom stereocenters. The molecule has 0 N–H and O–H groups in total. The van der Waals surface area contributed by atoms with Crippen LogP contribution in [0.5, 0.6) is 0 Å². The Balaban J connectivity index is 2.40. The summed E-state index contributed by atoms with van der Waals surface area (Å²) in [7, 11) is 0. The molecule has 0 saturated carbocycles. The van der Waals surface area contributed by atoms with Gasteiger partial charge in [0.25, 0.3) is 0 Å². The van der Waals surface area contributed by atoms with E-state index in [0.29, 0.717) is 4.88 Å². The van der Waals surface area contributed by atoms with Crippen LogP contribution in [-0.2, 0) is 4.79 Å². The third kappa shape index (κ3) is 3.05. The summed E-state index contributed by atoms with van der Waals surface area (Å²) in [6.07, 6.45) is 1.62. The Bertz CT molecular complexity index is 541. The number of carbonyl (C=O) groups is 1. The molecule has 2 rings (SSSR count). The SMILES string of the molecule is O=C([O-])/C(=C\c1ccc(Br)cc1)c1cccs1. The van der Waals surface area contributed by atoms with E-state index in [1.54, 1.807) is 12.1 Å². The molecule has 2 nitrogen and oxygen atoms in total. The van der Waals surface area contributed by atoms with Crippen LogP contribution in [-0.4, -0.2) is 5.97 Å². The molecule has 0 amide bonds. The molecule has 0 radical (unpaired) electrons. The lowest BCUT2D eigenvalue weighted by Gasteiger charge is -2.06. The van der Waals surface area contributed by atoms with Crippen LogP contribution in [0.1, 0.15) is 10.4 Å². The Hall–Kier alpha value is -1.39. The molecular weight excluding hydrogens is 300 g/mol. The maximum Gasteiger partial charge on any atom is 0.0729 e. The molecule has 0 spiro atoms. The molecule has 2 aromatic rings. The Morgan fingerprint density at radius 2 is 1.94 bits per heavy atom. The van der Waals surface area contributed by atoms with Gasteiger partial charge in [-0.2, -0.15) is 0 Å². The van der Waals surface area contributed by atoms with Crippen molar-refractivity contribution in [2.24, 2.45) is 0 Å². The number of rotatable bonds is 3. The lowest BCUT2D eigenvalue weighted by Crippen LogP contribution is -2.23. The molecule has 0 aliphatic heterocycles. The topological polar surface area (TPSA) is 40.1 Å². The van der Waals surface area contributed by atoms with Crippen molar-refractivity contribution in [1.82, 2.24) is 0 Å². The fourth-order valence-corrected chi connectivity index (χ4v) is 2.38. The lowest BCUT2D eigenvalue weighted by molar-refractivity contribution is -0.295. The second-order valence-corrected chi connectivity index (χ2v) is 5.24. The molecule has 86 valence electrons. The van der Waals surface area contributed by atoms with E-state index in [-0.39, 0.29) is 5.57 Å². The highest BCUT2D eigenvalue weighted by Crippen LogP contribution is 2.23. The quantitative estimate of drug-likeness (QED) is 0.818. The summed E-state index contributed by atoms with van der Waals surface area (Å²) in [5.74, 6) is -1.16. The second-order valence-electron chi connectivity index (χ2n) is 3.37. The van der Waals surface area contributed by atoms with Crippen molar-refractivity contribution in [3.63, 3.8) is 0 Å². The summed E-state index contributed by atoms with van der Waals surface area (Å²) < 4.78 is 0.959. The first-order chi connectivity index (χ1) is 8.16. The van der Waals surface area contributed by atoms with E-state index in [0.717, 1.165) is 10.0 Å². The van der Waals surface area contributed by atoms with Gasteiger partial charge in [0.1, 0.15) is 0 Å². The molecule has 0 aliphatic rings. The van der Waals surface area contributed by atoms with Gasteiger partial charge in [-0.05, 0) is 35.2 Å². The monoisotopic (exact) mass is 307 g/mol. The minimum Gasteiger partial charge on any atom is -0.545 e. The normalized spacial score (nSPS) is 11.5. The maximum atomic E-state index is 11.1. The second kappa shape index (κ2) is 5.29. The number of halogens is 1. The van der Waals surface area contributed by atoms with E-state index >= 15 is 0 Å². The summed E-state index contributed by atoms with van der Waals surface area (Å²) in [5, 5.41) is 12.9. The van der Waals surface area contributed by atoms with E-state index in [4.69, 9.17) is 0 Å². The smallest absolute Gasteiger partial charge is 0.0729 e. The van der Waals surface area contributed by atoms with Gasteiger partial charge in [0, 0.05) is 14.9 Å². The fourth-order valence-electron chi connectivity index (χ4n) is 1.39. The van der Waals surface area contributed by atoms with Crippen LogP contribution in [0.2, 0.25) is 0 Å². The van der Waals surface area contributed by atoms with Gasteiger partial charge in [-0.1, -0.05) is 34.1 Å². The molecule has 17 heavy (non-hydrogen) atoms. The minimum atomic E-state index is -1.16. The van der Waals surface area contributed by atoms with E-state index in [1.807, 2.05) is 35.7 Å². The van der Waals surface area contributed by atoms with Crippen LogP contribution in [0.25, 0.3) is 11.6 Å². The average molecular weight is 308 g/mol. The molecule has 1 aromatic heterocycles. The summed E-state index contributed by atoms with van der Waals surface area (Å²) >= 11 is 4.72. The van der Waals surface area contributed by atoms with Crippen molar-refractivity contribution < 1.29 is 9.90 Å². The molecule has 0 fully saturated rings. The highest BCUT2D eigenvalue weighted by molar-refractivity contribution is 9.10. The molecule has 0 unspecified atom stereocenters. The zero-order chi connectivity index (χ0) is 12.3. The van der Waals surface area contributed by atoms with E-state index in [2.05, 4.69) is 15.9 Å². The van der Waals surface area contributed by atoms with Crippen LogP contribution in [0.4, 0.5) is 0 Å². The average Bonchev–Trinajstić information content (AvgIpc) is 2.81. The number of carbonyl (C=O) groups excluding carboxylic acids is 1. The molecule has 1 aromatic carbocycles. The number of hydrogen-bond acceptors (Lipinski definition) is 3.